The lowest BCUT2D eigenvalue weighted by Gasteiger charge is -2.18. The molecule has 108 valence electrons. The molecule has 4 heteroatoms. The third kappa shape index (κ3) is 2.51. The van der Waals surface area contributed by atoms with Crippen LogP contribution < -0.4 is 5.32 Å². The maximum atomic E-state index is 12.7. The number of hydrogen-bond donors (Lipinski definition) is 1. The Hall–Kier alpha value is -1.58. The van der Waals surface area contributed by atoms with Gasteiger partial charge in [0, 0.05) is 30.9 Å². The van der Waals surface area contributed by atoms with Gasteiger partial charge in [0.05, 0.1) is 0 Å². The van der Waals surface area contributed by atoms with Crippen molar-refractivity contribution in [3.05, 3.63) is 23.4 Å². The van der Waals surface area contributed by atoms with Crippen molar-refractivity contribution >= 4 is 11.7 Å². The first-order valence-electron chi connectivity index (χ1n) is 7.69. The van der Waals surface area contributed by atoms with Gasteiger partial charge in [-0.2, -0.15) is 0 Å². The van der Waals surface area contributed by atoms with Gasteiger partial charge < -0.3 is 10.2 Å². The first-order chi connectivity index (χ1) is 9.67. The SMILES string of the molecule is CCNc1cc(C(=O)N2CC3CCCC3C2)cc(C)n1. The number of nitrogens with one attached hydrogen (secondary N) is 1. The van der Waals surface area contributed by atoms with Crippen molar-refractivity contribution in [2.24, 2.45) is 11.8 Å². The lowest BCUT2D eigenvalue weighted by atomic mass is 10.0. The van der Waals surface area contributed by atoms with Gasteiger partial charge >= 0.3 is 0 Å². The second-order valence-corrected chi connectivity index (χ2v) is 6.07. The van der Waals surface area contributed by atoms with Crippen LogP contribution in [0.4, 0.5) is 5.82 Å². The van der Waals surface area contributed by atoms with Gasteiger partial charge in [-0.25, -0.2) is 4.98 Å². The van der Waals surface area contributed by atoms with Crippen molar-refractivity contribution in [2.45, 2.75) is 33.1 Å². The summed E-state index contributed by atoms with van der Waals surface area (Å²) in [6.45, 7) is 6.68. The summed E-state index contributed by atoms with van der Waals surface area (Å²) in [6.07, 6.45) is 3.94. The van der Waals surface area contributed by atoms with Crippen LogP contribution in [-0.2, 0) is 0 Å². The summed E-state index contributed by atoms with van der Waals surface area (Å²) in [4.78, 5) is 19.1. The summed E-state index contributed by atoms with van der Waals surface area (Å²) >= 11 is 0. The van der Waals surface area contributed by atoms with Crippen LogP contribution in [0, 0.1) is 18.8 Å². The average Bonchev–Trinajstić information content (AvgIpc) is 2.98. The fraction of sp³-hybridized carbons (Fsp3) is 0.625. The highest BCUT2D eigenvalue weighted by Gasteiger charge is 2.38. The molecule has 4 nitrogen and oxygen atoms in total. The van der Waals surface area contributed by atoms with Crippen LogP contribution in [0.15, 0.2) is 12.1 Å². The highest BCUT2D eigenvalue weighted by molar-refractivity contribution is 5.95. The van der Waals surface area contributed by atoms with E-state index in [1.807, 2.05) is 30.9 Å². The number of hydrogen-bond acceptors (Lipinski definition) is 3. The lowest BCUT2D eigenvalue weighted by molar-refractivity contribution is 0.0780. The summed E-state index contributed by atoms with van der Waals surface area (Å²) in [5.74, 6) is 2.46. The smallest absolute Gasteiger partial charge is 0.254 e. The molecule has 0 aromatic carbocycles. The Morgan fingerprint density at radius 1 is 1.35 bits per heavy atom. The second kappa shape index (κ2) is 5.43. The molecular weight excluding hydrogens is 250 g/mol. The van der Waals surface area contributed by atoms with Crippen LogP contribution in [0.1, 0.15) is 42.2 Å². The van der Waals surface area contributed by atoms with E-state index in [1.165, 1.54) is 19.3 Å². The molecule has 1 aromatic heterocycles. The van der Waals surface area contributed by atoms with Crippen LogP contribution >= 0.6 is 0 Å². The largest absolute Gasteiger partial charge is 0.370 e. The number of nitrogens with zero attached hydrogens (tertiary/aromatic N) is 2. The number of pyridine rings is 1. The molecule has 1 aliphatic carbocycles. The molecule has 3 rings (SSSR count). The molecule has 1 saturated carbocycles. The number of likely N-dealkylation sites (tertiary alicyclic amines) is 1. The molecule has 1 aliphatic heterocycles. The van der Waals surface area contributed by atoms with Crippen molar-refractivity contribution in [1.29, 1.82) is 0 Å². The van der Waals surface area contributed by atoms with Gasteiger partial charge in [-0.05, 0) is 50.7 Å². The number of aromatic nitrogens is 1. The second-order valence-electron chi connectivity index (χ2n) is 6.07. The average molecular weight is 273 g/mol. The van der Waals surface area contributed by atoms with Crippen molar-refractivity contribution in [3.63, 3.8) is 0 Å². The van der Waals surface area contributed by atoms with Crippen LogP contribution in [0.3, 0.4) is 0 Å². The zero-order valence-corrected chi connectivity index (χ0v) is 12.4. The molecule has 2 aliphatic rings. The van der Waals surface area contributed by atoms with Gasteiger partial charge in [-0.1, -0.05) is 6.42 Å². The van der Waals surface area contributed by atoms with Gasteiger partial charge in [-0.3, -0.25) is 4.79 Å². The third-order valence-corrected chi connectivity index (χ3v) is 4.57. The van der Waals surface area contributed by atoms with Crippen molar-refractivity contribution in [1.82, 2.24) is 9.88 Å². The Kier molecular flexibility index (Phi) is 3.64. The van der Waals surface area contributed by atoms with E-state index in [1.54, 1.807) is 0 Å². The van der Waals surface area contributed by atoms with Crippen LogP contribution in [0.2, 0.25) is 0 Å². The molecule has 0 bridgehead atoms. The molecule has 1 aromatic rings. The Labute approximate surface area is 120 Å². The van der Waals surface area contributed by atoms with E-state index in [2.05, 4.69) is 10.3 Å². The van der Waals surface area contributed by atoms with Crippen molar-refractivity contribution in [3.8, 4) is 0 Å². The molecular formula is C16H23N3O. The van der Waals surface area contributed by atoms with Crippen LogP contribution in [0.5, 0.6) is 0 Å². The van der Waals surface area contributed by atoms with Crippen LogP contribution in [0.25, 0.3) is 0 Å². The molecule has 0 spiro atoms. The maximum absolute atomic E-state index is 12.7. The topological polar surface area (TPSA) is 45.2 Å². The minimum absolute atomic E-state index is 0.170. The fourth-order valence-corrected chi connectivity index (χ4v) is 3.65. The monoisotopic (exact) mass is 273 g/mol. The van der Waals surface area contributed by atoms with E-state index in [0.717, 1.165) is 48.5 Å². The number of carbonyl (C=O) groups is 1. The molecule has 1 N–H and O–H groups in total. The molecule has 2 atom stereocenters. The zero-order valence-electron chi connectivity index (χ0n) is 12.4. The first kappa shape index (κ1) is 13.4. The molecule has 1 saturated heterocycles. The van der Waals surface area contributed by atoms with E-state index in [0.29, 0.717) is 0 Å². The molecule has 0 radical (unpaired) electrons. The minimum atomic E-state index is 0.170. The van der Waals surface area contributed by atoms with Crippen molar-refractivity contribution in [2.75, 3.05) is 25.0 Å². The standard InChI is InChI=1S/C16H23N3O/c1-3-17-15-8-14(7-11(2)18-15)16(20)19-9-12-5-4-6-13(12)10-19/h7-8,12-13H,3-6,9-10H2,1-2H3,(H,17,18). The Morgan fingerprint density at radius 3 is 2.70 bits per heavy atom. The molecule has 1 amide bonds. The number of carbonyl (C=O) groups excluding carboxylic acids is 1. The normalized spacial score (nSPS) is 24.8. The quantitative estimate of drug-likeness (QED) is 0.921. The Balaban J connectivity index is 1.77. The van der Waals surface area contributed by atoms with Gasteiger partial charge in [0.2, 0.25) is 0 Å². The van der Waals surface area contributed by atoms with E-state index in [9.17, 15) is 4.79 Å². The Bertz CT molecular complexity index is 502. The predicted molar refractivity (Wildman–Crippen MR) is 79.9 cm³/mol. The molecule has 20 heavy (non-hydrogen) atoms. The number of amides is 1. The summed E-state index contributed by atoms with van der Waals surface area (Å²) in [6, 6.07) is 3.78. The fourth-order valence-electron chi connectivity index (χ4n) is 3.65. The molecule has 2 fully saturated rings. The van der Waals surface area contributed by atoms with Gasteiger partial charge in [0.1, 0.15) is 5.82 Å². The predicted octanol–water partition coefficient (Wildman–Crippen LogP) is 2.69. The summed E-state index contributed by atoms with van der Waals surface area (Å²) in [5, 5.41) is 3.19. The summed E-state index contributed by atoms with van der Waals surface area (Å²) in [5.41, 5.74) is 1.67. The number of fused-ring (bicyclic) bond motifs is 1. The summed E-state index contributed by atoms with van der Waals surface area (Å²) < 4.78 is 0. The summed E-state index contributed by atoms with van der Waals surface area (Å²) in [7, 11) is 0. The third-order valence-electron chi connectivity index (χ3n) is 4.57. The van der Waals surface area contributed by atoms with E-state index in [4.69, 9.17) is 0 Å². The number of aryl methyl sites for hydroxylation is 1. The van der Waals surface area contributed by atoms with Crippen molar-refractivity contribution < 1.29 is 4.79 Å². The van der Waals surface area contributed by atoms with E-state index >= 15 is 0 Å². The lowest BCUT2D eigenvalue weighted by Crippen LogP contribution is -2.29. The maximum Gasteiger partial charge on any atom is 0.254 e. The highest BCUT2D eigenvalue weighted by Crippen LogP contribution is 2.38. The Morgan fingerprint density at radius 2 is 2.05 bits per heavy atom. The number of anilines is 1. The molecule has 2 unspecified atom stereocenters. The minimum Gasteiger partial charge on any atom is -0.370 e. The van der Waals surface area contributed by atoms with Crippen LogP contribution in [-0.4, -0.2) is 35.4 Å². The first-order valence-corrected chi connectivity index (χ1v) is 7.69. The zero-order chi connectivity index (χ0) is 14.1. The number of rotatable bonds is 3. The van der Waals surface area contributed by atoms with E-state index < -0.39 is 0 Å². The van der Waals surface area contributed by atoms with Gasteiger partial charge in [0.25, 0.3) is 5.91 Å². The van der Waals surface area contributed by atoms with Gasteiger partial charge in [-0.15, -0.1) is 0 Å². The van der Waals surface area contributed by atoms with E-state index in [-0.39, 0.29) is 5.91 Å². The van der Waals surface area contributed by atoms with Gasteiger partial charge in [0.15, 0.2) is 0 Å². The molecule has 2 heterocycles. The highest BCUT2D eigenvalue weighted by atomic mass is 16.2.